The van der Waals surface area contributed by atoms with Gasteiger partial charge in [0, 0.05) is 16.9 Å². The van der Waals surface area contributed by atoms with Crippen LogP contribution in [0.15, 0.2) is 35.5 Å². The number of anilines is 1. The molecular weight excluding hydrogens is 240 g/mol. The first-order chi connectivity index (χ1) is 8.82. The molecule has 106 valence electrons. The van der Waals surface area contributed by atoms with Gasteiger partial charge in [-0.3, -0.25) is 0 Å². The van der Waals surface area contributed by atoms with Gasteiger partial charge in [0.2, 0.25) is 0 Å². The maximum absolute atomic E-state index is 5.87. The molecule has 4 N–H and O–H groups in total. The molecule has 1 aromatic carbocycles. The fourth-order valence-corrected chi connectivity index (χ4v) is 1.35. The van der Waals surface area contributed by atoms with E-state index in [2.05, 4.69) is 0 Å². The highest BCUT2D eigenvalue weighted by Crippen LogP contribution is 2.19. The fourth-order valence-electron chi connectivity index (χ4n) is 1.35. The van der Waals surface area contributed by atoms with Gasteiger partial charge < -0.3 is 20.9 Å². The number of nitrogens with two attached hydrogens (primary N) is 2. The third-order valence-corrected chi connectivity index (χ3v) is 2.94. The van der Waals surface area contributed by atoms with Crippen LogP contribution in [-0.2, 0) is 16.1 Å². The van der Waals surface area contributed by atoms with Gasteiger partial charge in [0.15, 0.2) is 5.79 Å². The summed E-state index contributed by atoms with van der Waals surface area (Å²) in [4.78, 5) is 0. The number of allylic oxidation sites excluding steroid dienone is 1. The monoisotopic (exact) mass is 264 g/mol. The van der Waals surface area contributed by atoms with E-state index in [0.717, 1.165) is 22.5 Å². The van der Waals surface area contributed by atoms with E-state index in [-0.39, 0.29) is 0 Å². The van der Waals surface area contributed by atoms with Crippen molar-refractivity contribution in [3.05, 3.63) is 41.1 Å². The van der Waals surface area contributed by atoms with E-state index in [1.54, 1.807) is 0 Å². The second-order valence-corrected chi connectivity index (χ2v) is 5.14. The zero-order valence-electron chi connectivity index (χ0n) is 12.2. The topological polar surface area (TPSA) is 70.5 Å². The minimum Gasteiger partial charge on any atom is -0.402 e. The van der Waals surface area contributed by atoms with Gasteiger partial charge in [0.25, 0.3) is 0 Å². The second kappa shape index (κ2) is 6.59. The van der Waals surface area contributed by atoms with E-state index in [9.17, 15) is 0 Å². The van der Waals surface area contributed by atoms with Gasteiger partial charge in [0.05, 0.1) is 13.2 Å². The summed E-state index contributed by atoms with van der Waals surface area (Å²) >= 11 is 0. The molecule has 4 nitrogen and oxygen atoms in total. The minimum absolute atomic E-state index is 0.421. The predicted molar refractivity (Wildman–Crippen MR) is 78.2 cm³/mol. The lowest BCUT2D eigenvalue weighted by Gasteiger charge is -2.26. The largest absolute Gasteiger partial charge is 0.402 e. The van der Waals surface area contributed by atoms with Crippen molar-refractivity contribution in [2.75, 3.05) is 12.3 Å². The quantitative estimate of drug-likeness (QED) is 0.612. The Hall–Kier alpha value is -1.52. The Morgan fingerprint density at radius 1 is 1.16 bits per heavy atom. The molecule has 1 aromatic rings. The van der Waals surface area contributed by atoms with Gasteiger partial charge >= 0.3 is 0 Å². The summed E-state index contributed by atoms with van der Waals surface area (Å²) in [5.74, 6) is -0.682. The summed E-state index contributed by atoms with van der Waals surface area (Å²) in [6.07, 6.45) is 0. The van der Waals surface area contributed by atoms with Crippen molar-refractivity contribution in [2.24, 2.45) is 5.73 Å². The summed E-state index contributed by atoms with van der Waals surface area (Å²) in [5.41, 5.74) is 15.0. The van der Waals surface area contributed by atoms with Gasteiger partial charge in [-0.15, -0.1) is 0 Å². The molecule has 0 spiro atoms. The summed E-state index contributed by atoms with van der Waals surface area (Å²) in [6.45, 7) is 8.44. The summed E-state index contributed by atoms with van der Waals surface area (Å²) < 4.78 is 11.5. The zero-order valence-corrected chi connectivity index (χ0v) is 12.2. The van der Waals surface area contributed by atoms with Crippen LogP contribution in [0.5, 0.6) is 0 Å². The van der Waals surface area contributed by atoms with E-state index in [0.29, 0.717) is 13.2 Å². The van der Waals surface area contributed by atoms with Crippen LogP contribution in [0.4, 0.5) is 5.69 Å². The van der Waals surface area contributed by atoms with E-state index in [1.165, 1.54) is 0 Å². The average molecular weight is 264 g/mol. The van der Waals surface area contributed by atoms with Gasteiger partial charge in [-0.1, -0.05) is 18.2 Å². The summed E-state index contributed by atoms with van der Waals surface area (Å²) in [7, 11) is 0. The molecule has 0 aliphatic rings. The third kappa shape index (κ3) is 5.32. The Morgan fingerprint density at radius 2 is 1.79 bits per heavy atom. The molecule has 0 heterocycles. The second-order valence-electron chi connectivity index (χ2n) is 5.14. The summed E-state index contributed by atoms with van der Waals surface area (Å²) in [5, 5.41) is 0. The number of ether oxygens (including phenoxy) is 2. The first-order valence-corrected chi connectivity index (χ1v) is 6.35. The Bertz CT molecular complexity index is 449. The number of hydrogen-bond donors (Lipinski definition) is 2. The molecule has 0 aromatic heterocycles. The Balaban J connectivity index is 2.51. The lowest BCUT2D eigenvalue weighted by atomic mass is 10.2. The average Bonchev–Trinajstić information content (AvgIpc) is 2.35. The molecule has 0 amide bonds. The predicted octanol–water partition coefficient (Wildman–Crippen LogP) is 2.79. The minimum atomic E-state index is -0.682. The van der Waals surface area contributed by atoms with E-state index in [4.69, 9.17) is 20.9 Å². The van der Waals surface area contributed by atoms with E-state index in [1.807, 2.05) is 52.0 Å². The van der Waals surface area contributed by atoms with Crippen molar-refractivity contribution in [2.45, 2.75) is 40.1 Å². The van der Waals surface area contributed by atoms with Crippen LogP contribution in [0.3, 0.4) is 0 Å². The van der Waals surface area contributed by atoms with Crippen LogP contribution in [0.1, 0.15) is 33.3 Å². The van der Waals surface area contributed by atoms with Gasteiger partial charge in [-0.2, -0.15) is 0 Å². The molecule has 0 aliphatic carbocycles. The molecule has 19 heavy (non-hydrogen) atoms. The number of nitrogen functional groups attached to an aromatic ring is 1. The Kier molecular flexibility index (Phi) is 5.39. The molecule has 0 fully saturated rings. The SMILES string of the molecule is C/C(N)=C(\C)COC(C)(C)OCc1ccccc1N. The maximum atomic E-state index is 5.87. The van der Waals surface area contributed by atoms with Crippen molar-refractivity contribution in [1.82, 2.24) is 0 Å². The molecule has 0 saturated carbocycles. The highest BCUT2D eigenvalue weighted by molar-refractivity contribution is 5.45. The van der Waals surface area contributed by atoms with E-state index >= 15 is 0 Å². The first kappa shape index (κ1) is 15.5. The number of hydrogen-bond acceptors (Lipinski definition) is 4. The fraction of sp³-hybridized carbons (Fsp3) is 0.467. The maximum Gasteiger partial charge on any atom is 0.163 e. The van der Waals surface area contributed by atoms with Crippen molar-refractivity contribution in [3.63, 3.8) is 0 Å². The number of para-hydroxylation sites is 1. The van der Waals surface area contributed by atoms with Gasteiger partial charge in [-0.05, 0) is 39.3 Å². The van der Waals surface area contributed by atoms with Gasteiger partial charge in [0.1, 0.15) is 0 Å². The molecule has 0 aliphatic heterocycles. The molecule has 0 unspecified atom stereocenters. The summed E-state index contributed by atoms with van der Waals surface area (Å²) in [6, 6.07) is 7.64. The third-order valence-electron chi connectivity index (χ3n) is 2.94. The van der Waals surface area contributed by atoms with Crippen LogP contribution in [-0.4, -0.2) is 12.4 Å². The smallest absolute Gasteiger partial charge is 0.163 e. The van der Waals surface area contributed by atoms with Crippen molar-refractivity contribution >= 4 is 5.69 Å². The van der Waals surface area contributed by atoms with Crippen molar-refractivity contribution < 1.29 is 9.47 Å². The van der Waals surface area contributed by atoms with Crippen LogP contribution < -0.4 is 11.5 Å². The van der Waals surface area contributed by atoms with Crippen molar-refractivity contribution in [3.8, 4) is 0 Å². The van der Waals surface area contributed by atoms with Crippen LogP contribution in [0.25, 0.3) is 0 Å². The lowest BCUT2D eigenvalue weighted by molar-refractivity contribution is -0.215. The standard InChI is InChI=1S/C15H24N2O2/c1-11(12(2)16)9-18-15(3,4)19-10-13-7-5-6-8-14(13)17/h5-8H,9-10,16-17H2,1-4H3/b12-11-. The highest BCUT2D eigenvalue weighted by Gasteiger charge is 2.19. The van der Waals surface area contributed by atoms with Crippen LogP contribution in [0, 0.1) is 0 Å². The molecule has 0 bridgehead atoms. The van der Waals surface area contributed by atoms with Crippen LogP contribution in [0.2, 0.25) is 0 Å². The molecule has 0 atom stereocenters. The Morgan fingerprint density at radius 3 is 2.37 bits per heavy atom. The van der Waals surface area contributed by atoms with E-state index < -0.39 is 5.79 Å². The first-order valence-electron chi connectivity index (χ1n) is 6.35. The normalized spacial score (nSPS) is 13.3. The molecule has 1 rings (SSSR count). The van der Waals surface area contributed by atoms with Gasteiger partial charge in [-0.25, -0.2) is 0 Å². The Labute approximate surface area is 115 Å². The number of benzene rings is 1. The van der Waals surface area contributed by atoms with Crippen molar-refractivity contribution in [1.29, 1.82) is 0 Å². The molecule has 4 heteroatoms. The zero-order chi connectivity index (χ0) is 14.5. The molecular formula is C15H24N2O2. The molecule has 0 saturated heterocycles. The number of rotatable bonds is 6. The molecule has 0 radical (unpaired) electrons. The highest BCUT2D eigenvalue weighted by atomic mass is 16.7. The van der Waals surface area contributed by atoms with Crippen LogP contribution >= 0.6 is 0 Å². The lowest BCUT2D eigenvalue weighted by Crippen LogP contribution is -2.29.